The molecule has 0 spiro atoms. The number of rotatable bonds is 1. The smallest absolute Gasteiger partial charge is 0.140 e. The molecule has 1 aromatic heterocycles. The zero-order valence-electron chi connectivity index (χ0n) is 9.89. The molecule has 0 aliphatic heterocycles. The monoisotopic (exact) mass is 241 g/mol. The van der Waals surface area contributed by atoms with E-state index in [2.05, 4.69) is 4.98 Å². The summed E-state index contributed by atoms with van der Waals surface area (Å²) in [7, 11) is 1.90. The van der Waals surface area contributed by atoms with E-state index >= 15 is 0 Å². The second-order valence-corrected chi connectivity index (χ2v) is 4.25. The first-order chi connectivity index (χ1) is 8.65. The molecule has 0 atom stereocenters. The molecule has 3 rings (SSSR count). The fourth-order valence-corrected chi connectivity index (χ4v) is 2.09. The van der Waals surface area contributed by atoms with Crippen LogP contribution in [-0.4, -0.2) is 9.55 Å². The maximum Gasteiger partial charge on any atom is 0.140 e. The molecule has 2 N–H and O–H groups in total. The predicted molar refractivity (Wildman–Crippen MR) is 70.5 cm³/mol. The van der Waals surface area contributed by atoms with Gasteiger partial charge in [0.2, 0.25) is 0 Å². The molecule has 0 fully saturated rings. The number of nitrogens with two attached hydrogens (primary N) is 1. The van der Waals surface area contributed by atoms with Gasteiger partial charge in [0.15, 0.2) is 0 Å². The van der Waals surface area contributed by atoms with E-state index < -0.39 is 0 Å². The summed E-state index contributed by atoms with van der Waals surface area (Å²) in [5.74, 6) is 0.467. The van der Waals surface area contributed by atoms with Gasteiger partial charge in [-0.25, -0.2) is 9.37 Å². The lowest BCUT2D eigenvalue weighted by atomic mass is 10.2. The third kappa shape index (κ3) is 1.62. The van der Waals surface area contributed by atoms with E-state index in [9.17, 15) is 4.39 Å². The minimum Gasteiger partial charge on any atom is -0.399 e. The van der Waals surface area contributed by atoms with Crippen LogP contribution in [0.25, 0.3) is 22.4 Å². The van der Waals surface area contributed by atoms with Gasteiger partial charge in [-0.15, -0.1) is 0 Å². The van der Waals surface area contributed by atoms with Gasteiger partial charge in [-0.3, -0.25) is 0 Å². The minimum absolute atomic E-state index is 0.265. The number of hydrogen-bond acceptors (Lipinski definition) is 2. The molecule has 0 unspecified atom stereocenters. The Labute approximate surface area is 104 Å². The van der Waals surface area contributed by atoms with Crippen molar-refractivity contribution in [3.8, 4) is 11.4 Å². The fraction of sp³-hybridized carbons (Fsp3) is 0.0714. The van der Waals surface area contributed by atoms with E-state index in [0.717, 1.165) is 22.4 Å². The lowest BCUT2D eigenvalue weighted by molar-refractivity contribution is 0.628. The Morgan fingerprint density at radius 1 is 1.17 bits per heavy atom. The van der Waals surface area contributed by atoms with E-state index in [0.29, 0.717) is 5.69 Å². The van der Waals surface area contributed by atoms with Crippen LogP contribution in [0.1, 0.15) is 0 Å². The number of nitrogen functional groups attached to an aromatic ring is 1. The Kier molecular flexibility index (Phi) is 2.30. The Morgan fingerprint density at radius 3 is 2.78 bits per heavy atom. The Hall–Kier alpha value is -2.36. The normalized spacial score (nSPS) is 11.0. The molecule has 0 amide bonds. The molecule has 0 saturated carbocycles. The van der Waals surface area contributed by atoms with Crippen molar-refractivity contribution in [2.75, 3.05) is 5.73 Å². The number of fused-ring (bicyclic) bond motifs is 1. The van der Waals surface area contributed by atoms with Gasteiger partial charge in [0.25, 0.3) is 0 Å². The molecule has 18 heavy (non-hydrogen) atoms. The standard InChI is InChI=1S/C14H12FN3/c1-18-13-8-11(16)5-6-12(13)17-14(18)9-3-2-4-10(15)7-9/h2-8H,16H2,1H3. The SMILES string of the molecule is Cn1c(-c2cccc(F)c2)nc2ccc(N)cc21. The number of imidazole rings is 1. The molecule has 0 bridgehead atoms. The van der Waals surface area contributed by atoms with Gasteiger partial charge in [0.1, 0.15) is 11.6 Å². The van der Waals surface area contributed by atoms with Crippen LogP contribution in [-0.2, 0) is 7.05 Å². The Bertz CT molecular complexity index is 731. The summed E-state index contributed by atoms with van der Waals surface area (Å²) in [6.45, 7) is 0. The summed E-state index contributed by atoms with van der Waals surface area (Å²) >= 11 is 0. The second-order valence-electron chi connectivity index (χ2n) is 4.25. The van der Waals surface area contributed by atoms with Crippen LogP contribution in [0, 0.1) is 5.82 Å². The Balaban J connectivity index is 2.27. The quantitative estimate of drug-likeness (QED) is 0.666. The van der Waals surface area contributed by atoms with E-state index in [1.807, 2.05) is 35.9 Å². The van der Waals surface area contributed by atoms with Gasteiger partial charge in [-0.05, 0) is 30.3 Å². The zero-order valence-corrected chi connectivity index (χ0v) is 9.89. The predicted octanol–water partition coefficient (Wildman–Crippen LogP) is 2.96. The average Bonchev–Trinajstić information content (AvgIpc) is 2.67. The molecule has 3 aromatic rings. The third-order valence-corrected chi connectivity index (χ3v) is 2.99. The van der Waals surface area contributed by atoms with Crippen LogP contribution in [0.5, 0.6) is 0 Å². The second kappa shape index (κ2) is 3.84. The first-order valence-electron chi connectivity index (χ1n) is 5.63. The molecule has 2 aromatic carbocycles. The largest absolute Gasteiger partial charge is 0.399 e. The molecule has 3 nitrogen and oxygen atoms in total. The van der Waals surface area contributed by atoms with Gasteiger partial charge in [0, 0.05) is 18.3 Å². The highest BCUT2D eigenvalue weighted by Gasteiger charge is 2.10. The molecule has 0 aliphatic rings. The van der Waals surface area contributed by atoms with Crippen molar-refractivity contribution in [2.24, 2.45) is 7.05 Å². The number of aromatic nitrogens is 2. The van der Waals surface area contributed by atoms with E-state index in [1.165, 1.54) is 12.1 Å². The van der Waals surface area contributed by atoms with Crippen molar-refractivity contribution in [1.82, 2.24) is 9.55 Å². The summed E-state index contributed by atoms with van der Waals surface area (Å²) in [5, 5.41) is 0. The number of hydrogen-bond donors (Lipinski definition) is 1. The van der Waals surface area contributed by atoms with Gasteiger partial charge in [0.05, 0.1) is 11.0 Å². The summed E-state index contributed by atoms with van der Waals surface area (Å²) in [6, 6.07) is 12.0. The van der Waals surface area contributed by atoms with Gasteiger partial charge < -0.3 is 10.3 Å². The number of nitrogens with zero attached hydrogens (tertiary/aromatic N) is 2. The number of anilines is 1. The molecular weight excluding hydrogens is 229 g/mol. The lowest BCUT2D eigenvalue weighted by Gasteiger charge is -2.02. The highest BCUT2D eigenvalue weighted by molar-refractivity contribution is 5.83. The average molecular weight is 241 g/mol. The van der Waals surface area contributed by atoms with Crippen LogP contribution in [0.15, 0.2) is 42.5 Å². The molecular formula is C14H12FN3. The summed E-state index contributed by atoms with van der Waals surface area (Å²) in [5.41, 5.74) is 9.00. The van der Waals surface area contributed by atoms with Crippen LogP contribution >= 0.6 is 0 Å². The zero-order chi connectivity index (χ0) is 12.7. The van der Waals surface area contributed by atoms with Crippen molar-refractivity contribution < 1.29 is 4.39 Å². The molecule has 0 aliphatic carbocycles. The van der Waals surface area contributed by atoms with Crippen LogP contribution in [0.2, 0.25) is 0 Å². The van der Waals surface area contributed by atoms with Crippen LogP contribution in [0.3, 0.4) is 0 Å². The number of aryl methyl sites for hydroxylation is 1. The maximum atomic E-state index is 13.2. The molecule has 0 radical (unpaired) electrons. The van der Waals surface area contributed by atoms with Crippen molar-refractivity contribution in [3.05, 3.63) is 48.3 Å². The molecule has 1 heterocycles. The Morgan fingerprint density at radius 2 is 2.00 bits per heavy atom. The summed E-state index contributed by atoms with van der Waals surface area (Å²) in [6.07, 6.45) is 0. The van der Waals surface area contributed by atoms with E-state index in [1.54, 1.807) is 6.07 Å². The van der Waals surface area contributed by atoms with Crippen LogP contribution < -0.4 is 5.73 Å². The highest BCUT2D eigenvalue weighted by atomic mass is 19.1. The van der Waals surface area contributed by atoms with Gasteiger partial charge in [-0.2, -0.15) is 0 Å². The van der Waals surface area contributed by atoms with Crippen LogP contribution in [0.4, 0.5) is 10.1 Å². The fourth-order valence-electron chi connectivity index (χ4n) is 2.09. The molecule has 4 heteroatoms. The van der Waals surface area contributed by atoms with E-state index in [4.69, 9.17) is 5.73 Å². The number of benzene rings is 2. The molecule has 0 saturated heterocycles. The van der Waals surface area contributed by atoms with Crippen molar-refractivity contribution >= 4 is 16.7 Å². The van der Waals surface area contributed by atoms with Gasteiger partial charge in [-0.1, -0.05) is 12.1 Å². The van der Waals surface area contributed by atoms with E-state index in [-0.39, 0.29) is 5.82 Å². The van der Waals surface area contributed by atoms with Crippen molar-refractivity contribution in [3.63, 3.8) is 0 Å². The molecule has 90 valence electrons. The lowest BCUT2D eigenvalue weighted by Crippen LogP contribution is -1.93. The maximum absolute atomic E-state index is 13.2. The third-order valence-electron chi connectivity index (χ3n) is 2.99. The number of halogens is 1. The first kappa shape index (κ1) is 10.8. The topological polar surface area (TPSA) is 43.8 Å². The highest BCUT2D eigenvalue weighted by Crippen LogP contribution is 2.25. The summed E-state index contributed by atoms with van der Waals surface area (Å²) < 4.78 is 15.2. The van der Waals surface area contributed by atoms with Crippen molar-refractivity contribution in [1.29, 1.82) is 0 Å². The summed E-state index contributed by atoms with van der Waals surface area (Å²) in [4.78, 5) is 4.51. The first-order valence-corrected chi connectivity index (χ1v) is 5.63. The minimum atomic E-state index is -0.265. The van der Waals surface area contributed by atoms with Gasteiger partial charge >= 0.3 is 0 Å². The van der Waals surface area contributed by atoms with Crippen molar-refractivity contribution in [2.45, 2.75) is 0 Å².